The summed E-state index contributed by atoms with van der Waals surface area (Å²) in [6.07, 6.45) is -0.635. The van der Waals surface area contributed by atoms with Gasteiger partial charge in [-0.1, -0.05) is 97.1 Å². The lowest BCUT2D eigenvalue weighted by molar-refractivity contribution is -0.0443. The zero-order valence-electron chi connectivity index (χ0n) is 34.9. The van der Waals surface area contributed by atoms with E-state index in [1.54, 1.807) is 0 Å². The second-order valence-electron chi connectivity index (χ2n) is 16.5. The van der Waals surface area contributed by atoms with Crippen LogP contribution in [-0.2, 0) is 26.0 Å². The van der Waals surface area contributed by atoms with Crippen LogP contribution < -0.4 is 9.80 Å². The van der Waals surface area contributed by atoms with Crippen molar-refractivity contribution < 1.29 is 18.9 Å². The molecule has 0 N–H and O–H groups in total. The molecule has 2 saturated heterocycles. The summed E-state index contributed by atoms with van der Waals surface area (Å²) in [5.41, 5.74) is 8.94. The maximum atomic E-state index is 5.84. The normalized spacial score (nSPS) is 15.0. The Balaban J connectivity index is 0.931. The summed E-state index contributed by atoms with van der Waals surface area (Å²) in [5, 5.41) is 12.1. The highest BCUT2D eigenvalue weighted by Crippen LogP contribution is 2.48. The third-order valence-corrected chi connectivity index (χ3v) is 15.0. The van der Waals surface area contributed by atoms with Gasteiger partial charge in [0.2, 0.25) is 0 Å². The number of aromatic nitrogens is 1. The Hall–Kier alpha value is -6.56. The van der Waals surface area contributed by atoms with Gasteiger partial charge in [-0.2, -0.15) is 0 Å². The van der Waals surface area contributed by atoms with Gasteiger partial charge in [0.25, 0.3) is 0 Å². The van der Waals surface area contributed by atoms with E-state index in [9.17, 15) is 0 Å². The fraction of sp³-hybridized carbons (Fsp3) is 0.127. The van der Waals surface area contributed by atoms with E-state index < -0.39 is 0 Å². The Morgan fingerprint density at radius 1 is 0.422 bits per heavy atom. The van der Waals surface area contributed by atoms with Gasteiger partial charge in [-0.05, 0) is 94.3 Å². The first-order valence-electron chi connectivity index (χ1n) is 21.7. The van der Waals surface area contributed by atoms with Crippen molar-refractivity contribution in [3.8, 4) is 0 Å². The van der Waals surface area contributed by atoms with Crippen molar-refractivity contribution in [3.05, 3.63) is 181 Å². The summed E-state index contributed by atoms with van der Waals surface area (Å²) in [4.78, 5) is 4.80. The molecule has 13 rings (SSSR count). The van der Waals surface area contributed by atoms with Gasteiger partial charge in [0, 0.05) is 71.5 Å². The maximum absolute atomic E-state index is 5.84. The van der Waals surface area contributed by atoms with Crippen LogP contribution in [0, 0.1) is 0 Å². The third-order valence-electron chi connectivity index (χ3n) is 12.8. The molecular weight excluding hydrogens is 831 g/mol. The van der Waals surface area contributed by atoms with Crippen molar-refractivity contribution >= 4 is 119 Å². The second-order valence-corrected chi connectivity index (χ2v) is 18.7. The van der Waals surface area contributed by atoms with E-state index in [0.717, 1.165) is 43.9 Å². The van der Waals surface area contributed by atoms with Gasteiger partial charge in [-0.3, -0.25) is 0 Å². The highest BCUT2D eigenvalue weighted by Gasteiger charge is 2.24. The molecule has 0 bridgehead atoms. The van der Waals surface area contributed by atoms with Crippen LogP contribution in [0.25, 0.3) is 63.5 Å². The van der Waals surface area contributed by atoms with E-state index in [2.05, 4.69) is 191 Å². The molecule has 7 nitrogen and oxygen atoms in total. The quantitative estimate of drug-likeness (QED) is 0.152. The van der Waals surface area contributed by atoms with Gasteiger partial charge in [0.15, 0.2) is 12.6 Å². The molecule has 5 heterocycles. The predicted octanol–water partition coefficient (Wildman–Crippen LogP) is 15.1. The lowest BCUT2D eigenvalue weighted by Gasteiger charge is -2.25. The van der Waals surface area contributed by atoms with Crippen LogP contribution >= 0.6 is 22.7 Å². The van der Waals surface area contributed by atoms with Crippen LogP contribution in [0.5, 0.6) is 0 Å². The summed E-state index contributed by atoms with van der Waals surface area (Å²) in [6.45, 7) is 2.47. The summed E-state index contributed by atoms with van der Waals surface area (Å²) >= 11 is 3.66. The van der Waals surface area contributed by atoms with Crippen molar-refractivity contribution in [1.29, 1.82) is 0 Å². The molecule has 2 aliphatic heterocycles. The first-order valence-corrected chi connectivity index (χ1v) is 23.4. The standard InChI is InChI=1S/C55H41N3O4S2/c1-56-48-28-38-30-52(57(46-14-6-10-34-8-2-4-12-42(34)46)40-20-16-36(17-21-40)54-59-24-25-60-54)63-50(38)32-44(48)45-33-51-39(29-49(45)56)31-53(64-51)58(47-15-7-11-35-9-3-5-13-43(35)47)41-22-18-37(19-23-41)55-61-26-27-62-55/h2-23,28-33,54-55H,24-27H2,1H3. The van der Waals surface area contributed by atoms with E-state index >= 15 is 0 Å². The number of hydrogen-bond acceptors (Lipinski definition) is 8. The van der Waals surface area contributed by atoms with E-state index in [1.807, 2.05) is 22.7 Å². The molecule has 0 saturated carbocycles. The van der Waals surface area contributed by atoms with Crippen LogP contribution in [0.1, 0.15) is 23.7 Å². The number of thiophene rings is 2. The largest absolute Gasteiger partial charge is 0.346 e. The zero-order valence-corrected chi connectivity index (χ0v) is 36.6. The number of hydrogen-bond donors (Lipinski definition) is 0. The van der Waals surface area contributed by atoms with E-state index in [0.29, 0.717) is 26.4 Å². The van der Waals surface area contributed by atoms with Gasteiger partial charge in [0.05, 0.1) is 37.8 Å². The molecule has 0 radical (unpaired) electrons. The average Bonchev–Trinajstić information content (AvgIpc) is 4.21. The number of rotatable bonds is 8. The Morgan fingerprint density at radius 2 is 0.828 bits per heavy atom. The van der Waals surface area contributed by atoms with E-state index in [-0.39, 0.29) is 12.6 Å². The molecule has 0 spiro atoms. The van der Waals surface area contributed by atoms with Crippen LogP contribution in [0.4, 0.5) is 32.8 Å². The SMILES string of the molecule is Cn1c2cc3cc(N(c4ccc(C5OCCO5)cc4)c4cccc5ccccc45)sc3cc2c2cc3sc(N(c4ccc(C5OCCO5)cc4)c4cccc5ccccc45)cc3cc21. The molecule has 0 amide bonds. The molecule has 0 unspecified atom stereocenters. The van der Waals surface area contributed by atoms with Gasteiger partial charge < -0.3 is 33.3 Å². The minimum Gasteiger partial charge on any atom is -0.346 e. The van der Waals surface area contributed by atoms with Crippen LogP contribution in [0.15, 0.2) is 170 Å². The highest BCUT2D eigenvalue weighted by molar-refractivity contribution is 7.23. The number of benzene rings is 8. The molecule has 8 aromatic carbocycles. The zero-order chi connectivity index (χ0) is 42.3. The van der Waals surface area contributed by atoms with Crippen molar-refractivity contribution in [2.75, 3.05) is 36.2 Å². The minimum absolute atomic E-state index is 0.318. The van der Waals surface area contributed by atoms with Crippen molar-refractivity contribution in [3.63, 3.8) is 0 Å². The number of anilines is 6. The Bertz CT molecular complexity index is 3320. The monoisotopic (exact) mass is 871 g/mol. The topological polar surface area (TPSA) is 48.3 Å². The summed E-state index contributed by atoms with van der Waals surface area (Å²) in [6, 6.07) is 61.9. The Morgan fingerprint density at radius 3 is 1.27 bits per heavy atom. The number of aryl methyl sites for hydroxylation is 1. The van der Waals surface area contributed by atoms with Gasteiger partial charge in [-0.15, -0.1) is 22.7 Å². The molecule has 2 aliphatic rings. The molecule has 64 heavy (non-hydrogen) atoms. The number of ether oxygens (including phenoxy) is 4. The number of nitrogens with zero attached hydrogens (tertiary/aromatic N) is 3. The van der Waals surface area contributed by atoms with E-state index in [1.165, 1.54) is 63.5 Å². The lowest BCUT2D eigenvalue weighted by Crippen LogP contribution is -2.09. The first-order chi connectivity index (χ1) is 31.6. The maximum Gasteiger partial charge on any atom is 0.184 e. The Labute approximate surface area is 377 Å². The molecule has 2 fully saturated rings. The number of fused-ring (bicyclic) bond motifs is 7. The van der Waals surface area contributed by atoms with Crippen LogP contribution in [0.2, 0.25) is 0 Å². The van der Waals surface area contributed by atoms with Gasteiger partial charge >= 0.3 is 0 Å². The average molecular weight is 872 g/mol. The molecule has 11 aromatic rings. The summed E-state index contributed by atoms with van der Waals surface area (Å²) in [5.74, 6) is 0. The minimum atomic E-state index is -0.318. The smallest absolute Gasteiger partial charge is 0.184 e. The van der Waals surface area contributed by atoms with Gasteiger partial charge in [-0.25, -0.2) is 0 Å². The highest BCUT2D eigenvalue weighted by atomic mass is 32.1. The molecular formula is C55H41N3O4S2. The molecule has 0 atom stereocenters. The van der Waals surface area contributed by atoms with Crippen LogP contribution in [0.3, 0.4) is 0 Å². The fourth-order valence-electron chi connectivity index (χ4n) is 9.70. The second kappa shape index (κ2) is 15.3. The summed E-state index contributed by atoms with van der Waals surface area (Å²) < 4.78 is 28.2. The molecule has 312 valence electrons. The van der Waals surface area contributed by atoms with Crippen molar-refractivity contribution in [1.82, 2.24) is 4.57 Å². The molecule has 3 aromatic heterocycles. The predicted molar refractivity (Wildman–Crippen MR) is 265 cm³/mol. The molecule has 0 aliphatic carbocycles. The first kappa shape index (κ1) is 37.9. The Kier molecular flexibility index (Phi) is 9.08. The fourth-order valence-corrected chi connectivity index (χ4v) is 11.9. The van der Waals surface area contributed by atoms with E-state index in [4.69, 9.17) is 18.9 Å². The van der Waals surface area contributed by atoms with Crippen LogP contribution in [-0.4, -0.2) is 31.0 Å². The van der Waals surface area contributed by atoms with Crippen molar-refractivity contribution in [2.45, 2.75) is 12.6 Å². The third kappa shape index (κ3) is 6.30. The van der Waals surface area contributed by atoms with Crippen molar-refractivity contribution in [2.24, 2.45) is 7.05 Å². The lowest BCUT2D eigenvalue weighted by atomic mass is 10.1. The summed E-state index contributed by atoms with van der Waals surface area (Å²) in [7, 11) is 2.20. The van der Waals surface area contributed by atoms with Gasteiger partial charge in [0.1, 0.15) is 10.0 Å². The molecule has 9 heteroatoms.